The van der Waals surface area contributed by atoms with Crippen LogP contribution in [0.2, 0.25) is 0 Å². The molecule has 0 aromatic heterocycles. The van der Waals surface area contributed by atoms with Gasteiger partial charge < -0.3 is 26.2 Å². The van der Waals surface area contributed by atoms with Crippen LogP contribution in [0, 0.1) is 22.7 Å². The van der Waals surface area contributed by atoms with Crippen LogP contribution < -0.4 is 21.3 Å². The molecule has 5 amide bonds. The van der Waals surface area contributed by atoms with Crippen molar-refractivity contribution in [2.24, 2.45) is 22.7 Å². The van der Waals surface area contributed by atoms with Crippen LogP contribution in [-0.4, -0.2) is 96.8 Å². The zero-order valence-electron chi connectivity index (χ0n) is 29.6. The third kappa shape index (κ3) is 8.47. The number of likely N-dealkylation sites (tertiary alicyclic amines) is 1. The average molecular weight is 732 g/mol. The third-order valence-corrected chi connectivity index (χ3v) is 13.6. The number of sulfone groups is 1. The highest BCUT2D eigenvalue weighted by atomic mass is 32.2. The van der Waals surface area contributed by atoms with E-state index in [0.29, 0.717) is 25.7 Å². The smallest absolute Gasteiger partial charge is 0.346 e. The summed E-state index contributed by atoms with van der Waals surface area (Å²) in [4.78, 5) is 68.7. The Bertz CT molecular complexity index is 1470. The molecule has 0 aromatic carbocycles. The second-order valence-electron chi connectivity index (χ2n) is 16.1. The Morgan fingerprint density at radius 2 is 1.64 bits per heavy atom. The maximum absolute atomic E-state index is 14.4. The third-order valence-electron chi connectivity index (χ3n) is 11.2. The number of Topliss-reactive ketones (excluding diaryl/α,β-unsaturated/α-hetero) is 1. The minimum atomic E-state index is -4.66. The van der Waals surface area contributed by atoms with Crippen molar-refractivity contribution in [3.8, 4) is 0 Å². The molecule has 282 valence electrons. The SMILES string of the molecule is C=CCNC(=O)C(=O)C(CCC(F)(F)F)NC(=O)[C@@H]1C2[C@H](CN1C(=O)[C@@H](NC(=O)NC1(C3CCCS3(=O)=O)CCCCC1)C(C)(C)C)C2(C)C. The van der Waals surface area contributed by atoms with Gasteiger partial charge in [0.05, 0.1) is 22.6 Å². The summed E-state index contributed by atoms with van der Waals surface area (Å²) in [7, 11) is -3.42. The molecule has 0 spiro atoms. The molecule has 4 aliphatic rings. The van der Waals surface area contributed by atoms with Crippen LogP contribution in [-0.2, 0) is 29.0 Å². The van der Waals surface area contributed by atoms with E-state index in [-0.39, 0.29) is 30.7 Å². The van der Waals surface area contributed by atoms with Gasteiger partial charge in [0.1, 0.15) is 12.1 Å². The summed E-state index contributed by atoms with van der Waals surface area (Å²) >= 11 is 0. The van der Waals surface area contributed by atoms with Gasteiger partial charge in [-0.3, -0.25) is 19.2 Å². The molecule has 4 rings (SSSR count). The van der Waals surface area contributed by atoms with Gasteiger partial charge in [0.2, 0.25) is 17.6 Å². The number of carbonyl (C=O) groups is 5. The van der Waals surface area contributed by atoms with Crippen LogP contribution in [0.5, 0.6) is 0 Å². The number of fused-ring (bicyclic) bond motifs is 1. The predicted octanol–water partition coefficient (Wildman–Crippen LogP) is 3.16. The minimum Gasteiger partial charge on any atom is -0.346 e. The lowest BCUT2D eigenvalue weighted by Crippen LogP contribution is -2.65. The number of nitrogens with one attached hydrogen (secondary N) is 4. The zero-order chi connectivity index (χ0) is 37.4. The molecule has 0 aromatic rings. The van der Waals surface area contributed by atoms with Crippen LogP contribution in [0.25, 0.3) is 0 Å². The monoisotopic (exact) mass is 731 g/mol. The molecular formula is C34H52F3N5O7S. The van der Waals surface area contributed by atoms with Gasteiger partial charge in [-0.25, -0.2) is 13.2 Å². The van der Waals surface area contributed by atoms with Crippen molar-refractivity contribution in [2.45, 2.75) is 127 Å². The number of urea groups is 1. The molecule has 4 fully saturated rings. The first kappa shape index (κ1) is 39.6. The standard InChI is InChI=1S/C34H52F3N5O7S/c1-7-17-38-28(45)25(43)21(13-16-34(35,36)37)39-27(44)24-23-20(32(23,5)6)19-42(24)29(46)26(31(2,3)4)40-30(47)41-33(14-9-8-10-15-33)22-12-11-18-50(22,48)49/h7,20-24,26H,1,8-19H2,2-6H3,(H,38,45)(H,39,44)(H2,40,41,47)/t20-,21?,22?,23?,24-,26+/m0/s1. The lowest BCUT2D eigenvalue weighted by Gasteiger charge is -2.43. The van der Waals surface area contributed by atoms with Crippen molar-refractivity contribution in [3.63, 3.8) is 0 Å². The van der Waals surface area contributed by atoms with Crippen LogP contribution in [0.15, 0.2) is 12.7 Å². The molecule has 16 heteroatoms. The summed E-state index contributed by atoms with van der Waals surface area (Å²) in [5.74, 6) is -4.33. The second kappa shape index (κ2) is 14.5. The van der Waals surface area contributed by atoms with E-state index in [0.717, 1.165) is 19.3 Å². The molecule has 0 bridgehead atoms. The van der Waals surface area contributed by atoms with Crippen molar-refractivity contribution in [2.75, 3.05) is 18.8 Å². The van der Waals surface area contributed by atoms with Crippen LogP contribution >= 0.6 is 0 Å². The Hall–Kier alpha value is -3.17. The lowest BCUT2D eigenvalue weighted by atomic mass is 9.78. The number of alkyl halides is 3. The minimum absolute atomic E-state index is 0.0606. The molecule has 3 unspecified atom stereocenters. The molecule has 2 saturated heterocycles. The van der Waals surface area contributed by atoms with Crippen LogP contribution in [0.3, 0.4) is 0 Å². The summed E-state index contributed by atoms with van der Waals surface area (Å²) in [6.45, 7) is 12.5. The molecule has 50 heavy (non-hydrogen) atoms. The molecule has 2 saturated carbocycles. The fourth-order valence-electron chi connectivity index (χ4n) is 8.39. The molecule has 6 atom stereocenters. The average Bonchev–Trinajstić information content (AvgIpc) is 3.33. The molecular weight excluding hydrogens is 679 g/mol. The Morgan fingerprint density at radius 3 is 2.18 bits per heavy atom. The number of halogens is 3. The number of piperidine rings is 1. The van der Waals surface area contributed by atoms with E-state index in [1.54, 1.807) is 20.8 Å². The predicted molar refractivity (Wildman–Crippen MR) is 179 cm³/mol. The number of amides is 5. The normalized spacial score (nSPS) is 27.6. The zero-order valence-corrected chi connectivity index (χ0v) is 30.4. The topological polar surface area (TPSA) is 171 Å². The highest BCUT2D eigenvalue weighted by Crippen LogP contribution is 2.65. The van der Waals surface area contributed by atoms with Gasteiger partial charge in [-0.1, -0.05) is 60.0 Å². The summed E-state index contributed by atoms with van der Waals surface area (Å²) in [6, 6.07) is -4.85. The number of rotatable bonds is 12. The van der Waals surface area contributed by atoms with Crippen molar-refractivity contribution >= 4 is 39.4 Å². The van der Waals surface area contributed by atoms with Crippen LogP contribution in [0.4, 0.5) is 18.0 Å². The van der Waals surface area contributed by atoms with Crippen molar-refractivity contribution in [3.05, 3.63) is 12.7 Å². The number of carbonyl (C=O) groups excluding carboxylic acids is 5. The number of hydrogen-bond acceptors (Lipinski definition) is 7. The molecule has 0 radical (unpaired) electrons. The highest BCUT2D eigenvalue weighted by molar-refractivity contribution is 7.92. The van der Waals surface area contributed by atoms with Gasteiger partial charge in [0.15, 0.2) is 9.84 Å². The molecule has 2 aliphatic carbocycles. The van der Waals surface area contributed by atoms with Crippen LogP contribution in [0.1, 0.15) is 92.4 Å². The maximum Gasteiger partial charge on any atom is 0.389 e. The van der Waals surface area contributed by atoms with Gasteiger partial charge in [-0.05, 0) is 54.8 Å². The Balaban J connectivity index is 1.57. The number of nitrogens with zero attached hydrogens (tertiary/aromatic N) is 1. The fourth-order valence-corrected chi connectivity index (χ4v) is 10.7. The van der Waals surface area contributed by atoms with E-state index in [2.05, 4.69) is 27.8 Å². The molecule has 12 nitrogen and oxygen atoms in total. The van der Waals surface area contributed by atoms with E-state index in [1.807, 2.05) is 13.8 Å². The van der Waals surface area contributed by atoms with E-state index in [1.165, 1.54) is 11.0 Å². The fraction of sp³-hybridized carbons (Fsp3) is 0.794. The molecule has 2 heterocycles. The highest BCUT2D eigenvalue weighted by Gasteiger charge is 2.70. The van der Waals surface area contributed by atoms with Crippen molar-refractivity contribution < 1.29 is 45.6 Å². The summed E-state index contributed by atoms with van der Waals surface area (Å²) < 4.78 is 65.6. The summed E-state index contributed by atoms with van der Waals surface area (Å²) in [6.07, 6.45) is -1.33. The number of hydrogen-bond donors (Lipinski definition) is 4. The first-order chi connectivity index (χ1) is 23.1. The maximum atomic E-state index is 14.4. The molecule has 4 N–H and O–H groups in total. The van der Waals surface area contributed by atoms with E-state index in [9.17, 15) is 45.6 Å². The van der Waals surface area contributed by atoms with Crippen molar-refractivity contribution in [1.29, 1.82) is 0 Å². The van der Waals surface area contributed by atoms with E-state index >= 15 is 0 Å². The van der Waals surface area contributed by atoms with Gasteiger partial charge in [-0.15, -0.1) is 6.58 Å². The van der Waals surface area contributed by atoms with E-state index in [4.69, 9.17) is 0 Å². The summed E-state index contributed by atoms with van der Waals surface area (Å²) in [5.41, 5.74) is -2.25. The second-order valence-corrected chi connectivity index (χ2v) is 18.4. The van der Waals surface area contributed by atoms with Gasteiger partial charge >= 0.3 is 12.2 Å². The summed E-state index contributed by atoms with van der Waals surface area (Å²) in [5, 5.41) is 9.63. The Morgan fingerprint density at radius 1 is 1.00 bits per heavy atom. The lowest BCUT2D eigenvalue weighted by molar-refractivity contribution is -0.148. The van der Waals surface area contributed by atoms with Gasteiger partial charge in [-0.2, -0.15) is 13.2 Å². The van der Waals surface area contributed by atoms with E-state index < -0.39 is 98.1 Å². The van der Waals surface area contributed by atoms with Gasteiger partial charge in [0.25, 0.3) is 5.91 Å². The Kier molecular flexibility index (Phi) is 11.5. The van der Waals surface area contributed by atoms with Gasteiger partial charge in [0, 0.05) is 19.5 Å². The number of ketones is 1. The quantitative estimate of drug-likeness (QED) is 0.177. The van der Waals surface area contributed by atoms with Crippen molar-refractivity contribution in [1.82, 2.24) is 26.2 Å². The first-order valence-corrected chi connectivity index (χ1v) is 19.2. The largest absolute Gasteiger partial charge is 0.389 e. The molecule has 2 aliphatic heterocycles. The first-order valence-electron chi connectivity index (χ1n) is 17.5. The Labute approximate surface area is 292 Å².